The zero-order valence-corrected chi connectivity index (χ0v) is 10.9. The predicted molar refractivity (Wildman–Crippen MR) is 66.7 cm³/mol. The van der Waals surface area contributed by atoms with Crippen LogP contribution in [0.5, 0.6) is 0 Å². The highest BCUT2D eigenvalue weighted by molar-refractivity contribution is 6.07. The molecule has 1 aliphatic rings. The second-order valence-corrected chi connectivity index (χ2v) is 5.30. The van der Waals surface area contributed by atoms with Crippen LogP contribution in [-0.2, 0) is 4.79 Å². The number of amidine groups is 1. The molecule has 98 valence electrons. The first kappa shape index (κ1) is 13.8. The van der Waals surface area contributed by atoms with Gasteiger partial charge in [0.25, 0.3) is 0 Å². The third-order valence-corrected chi connectivity index (χ3v) is 3.73. The van der Waals surface area contributed by atoms with Crippen molar-refractivity contribution >= 4 is 11.7 Å². The first-order valence-corrected chi connectivity index (χ1v) is 6.22. The summed E-state index contributed by atoms with van der Waals surface area (Å²) in [7, 11) is 0. The second-order valence-electron chi connectivity index (χ2n) is 5.30. The number of carbonyl (C=O) groups excluding carboxylic acids is 1. The number of amides is 1. The summed E-state index contributed by atoms with van der Waals surface area (Å²) in [5.41, 5.74) is 4.88. The van der Waals surface area contributed by atoms with E-state index in [9.17, 15) is 4.79 Å². The Labute approximate surface area is 102 Å². The molecule has 1 rings (SSSR count). The van der Waals surface area contributed by atoms with Gasteiger partial charge < -0.3 is 16.3 Å². The highest BCUT2D eigenvalue weighted by Crippen LogP contribution is 2.45. The average molecular weight is 241 g/mol. The minimum absolute atomic E-state index is 0.0391. The van der Waals surface area contributed by atoms with Crippen molar-refractivity contribution in [1.29, 1.82) is 0 Å². The molecule has 0 spiro atoms. The average Bonchev–Trinajstić information content (AvgIpc) is 2.29. The summed E-state index contributed by atoms with van der Waals surface area (Å²) >= 11 is 0. The SMILES string of the molecule is CCC(C)CNC(=O)C1(C(N)=NO)CC(C)C1. The predicted octanol–water partition coefficient (Wildman–Crippen LogP) is 1.31. The van der Waals surface area contributed by atoms with Crippen molar-refractivity contribution in [2.75, 3.05) is 6.54 Å². The van der Waals surface area contributed by atoms with Crippen molar-refractivity contribution in [3.63, 3.8) is 0 Å². The molecule has 4 N–H and O–H groups in total. The van der Waals surface area contributed by atoms with Gasteiger partial charge in [-0.25, -0.2) is 0 Å². The van der Waals surface area contributed by atoms with Crippen LogP contribution in [0.1, 0.15) is 40.0 Å². The number of oxime groups is 1. The molecular weight excluding hydrogens is 218 g/mol. The number of rotatable bonds is 5. The quantitative estimate of drug-likeness (QED) is 0.293. The molecule has 0 aromatic carbocycles. The topological polar surface area (TPSA) is 87.7 Å². The Morgan fingerprint density at radius 1 is 1.65 bits per heavy atom. The molecule has 0 bridgehead atoms. The number of nitrogens with one attached hydrogen (secondary N) is 1. The van der Waals surface area contributed by atoms with Crippen molar-refractivity contribution in [2.24, 2.45) is 28.1 Å². The number of hydrogen-bond donors (Lipinski definition) is 3. The van der Waals surface area contributed by atoms with Crippen LogP contribution in [0.2, 0.25) is 0 Å². The minimum atomic E-state index is -0.776. The van der Waals surface area contributed by atoms with Gasteiger partial charge in [0, 0.05) is 6.54 Å². The van der Waals surface area contributed by atoms with Gasteiger partial charge in [-0.05, 0) is 24.7 Å². The molecule has 5 nitrogen and oxygen atoms in total. The van der Waals surface area contributed by atoms with Crippen molar-refractivity contribution in [2.45, 2.75) is 40.0 Å². The number of carbonyl (C=O) groups is 1. The Morgan fingerprint density at radius 2 is 2.24 bits per heavy atom. The molecule has 0 heterocycles. The summed E-state index contributed by atoms with van der Waals surface area (Å²) < 4.78 is 0. The van der Waals surface area contributed by atoms with Crippen molar-refractivity contribution in [1.82, 2.24) is 5.32 Å². The summed E-state index contributed by atoms with van der Waals surface area (Å²) in [6.45, 7) is 6.87. The van der Waals surface area contributed by atoms with E-state index in [0.717, 1.165) is 6.42 Å². The van der Waals surface area contributed by atoms with Crippen molar-refractivity contribution < 1.29 is 10.0 Å². The van der Waals surface area contributed by atoms with Crippen LogP contribution in [0.4, 0.5) is 0 Å². The Morgan fingerprint density at radius 3 is 2.65 bits per heavy atom. The van der Waals surface area contributed by atoms with Crippen LogP contribution in [0, 0.1) is 17.3 Å². The first-order chi connectivity index (χ1) is 7.96. The Balaban J connectivity index is 2.64. The van der Waals surface area contributed by atoms with Crippen LogP contribution in [0.25, 0.3) is 0 Å². The fourth-order valence-electron chi connectivity index (χ4n) is 2.32. The molecule has 1 atom stereocenters. The molecule has 0 aromatic rings. The number of hydrogen-bond acceptors (Lipinski definition) is 3. The molecule has 1 aliphatic carbocycles. The molecule has 0 aliphatic heterocycles. The second kappa shape index (κ2) is 5.38. The highest BCUT2D eigenvalue weighted by Gasteiger charge is 2.52. The Bertz CT molecular complexity index is 309. The lowest BCUT2D eigenvalue weighted by atomic mass is 9.61. The lowest BCUT2D eigenvalue weighted by molar-refractivity contribution is -0.133. The van der Waals surface area contributed by atoms with Gasteiger partial charge in [0.05, 0.1) is 0 Å². The van der Waals surface area contributed by atoms with E-state index in [1.807, 2.05) is 0 Å². The maximum absolute atomic E-state index is 12.1. The molecule has 17 heavy (non-hydrogen) atoms. The van der Waals surface area contributed by atoms with Gasteiger partial charge in [-0.2, -0.15) is 0 Å². The smallest absolute Gasteiger partial charge is 0.233 e. The normalized spacial score (nSPS) is 30.5. The Hall–Kier alpha value is -1.26. The molecular formula is C12H23N3O2. The van der Waals surface area contributed by atoms with Crippen LogP contribution >= 0.6 is 0 Å². The largest absolute Gasteiger partial charge is 0.409 e. The van der Waals surface area contributed by atoms with Gasteiger partial charge >= 0.3 is 0 Å². The zero-order chi connectivity index (χ0) is 13.1. The van der Waals surface area contributed by atoms with E-state index in [0.29, 0.717) is 31.2 Å². The maximum atomic E-state index is 12.1. The number of nitrogens with zero attached hydrogens (tertiary/aromatic N) is 1. The maximum Gasteiger partial charge on any atom is 0.233 e. The van der Waals surface area contributed by atoms with E-state index >= 15 is 0 Å². The molecule has 1 saturated carbocycles. The van der Waals surface area contributed by atoms with Gasteiger partial charge in [-0.1, -0.05) is 32.3 Å². The molecule has 1 unspecified atom stereocenters. The molecule has 5 heteroatoms. The van der Waals surface area contributed by atoms with E-state index < -0.39 is 5.41 Å². The lowest BCUT2D eigenvalue weighted by Crippen LogP contribution is -2.57. The summed E-state index contributed by atoms with van der Waals surface area (Å²) in [5, 5.41) is 14.7. The zero-order valence-electron chi connectivity index (χ0n) is 10.9. The molecule has 0 saturated heterocycles. The molecule has 0 radical (unpaired) electrons. The van der Waals surface area contributed by atoms with Gasteiger partial charge in [0.15, 0.2) is 5.84 Å². The highest BCUT2D eigenvalue weighted by atomic mass is 16.4. The summed E-state index contributed by atoms with van der Waals surface area (Å²) in [5.74, 6) is 0.828. The van der Waals surface area contributed by atoms with E-state index in [4.69, 9.17) is 10.9 Å². The van der Waals surface area contributed by atoms with Crippen LogP contribution in [0.3, 0.4) is 0 Å². The lowest BCUT2D eigenvalue weighted by Gasteiger charge is -2.43. The number of nitrogens with two attached hydrogens (primary N) is 1. The standard InChI is InChI=1S/C12H23N3O2/c1-4-8(2)7-14-11(16)12(10(13)15-17)5-9(3)6-12/h8-9,17H,4-7H2,1-3H3,(H2,13,15)(H,14,16). The van der Waals surface area contributed by atoms with E-state index in [1.54, 1.807) is 0 Å². The fourth-order valence-corrected chi connectivity index (χ4v) is 2.32. The third kappa shape index (κ3) is 2.70. The molecule has 1 fully saturated rings. The summed E-state index contributed by atoms with van der Waals surface area (Å²) in [6.07, 6.45) is 2.34. The van der Waals surface area contributed by atoms with Crippen molar-refractivity contribution in [3.05, 3.63) is 0 Å². The van der Waals surface area contributed by atoms with Gasteiger partial charge in [0.2, 0.25) is 5.91 Å². The first-order valence-electron chi connectivity index (χ1n) is 6.22. The summed E-state index contributed by atoms with van der Waals surface area (Å²) in [4.78, 5) is 12.1. The van der Waals surface area contributed by atoms with Gasteiger partial charge in [0.1, 0.15) is 5.41 Å². The van der Waals surface area contributed by atoms with E-state index in [-0.39, 0.29) is 11.7 Å². The minimum Gasteiger partial charge on any atom is -0.409 e. The van der Waals surface area contributed by atoms with Gasteiger partial charge in [-0.3, -0.25) is 4.79 Å². The summed E-state index contributed by atoms with van der Waals surface area (Å²) in [6, 6.07) is 0. The molecule has 1 amide bonds. The van der Waals surface area contributed by atoms with Crippen molar-refractivity contribution in [3.8, 4) is 0 Å². The van der Waals surface area contributed by atoms with E-state index in [1.165, 1.54) is 0 Å². The van der Waals surface area contributed by atoms with Crippen LogP contribution in [0.15, 0.2) is 5.16 Å². The van der Waals surface area contributed by atoms with Crippen LogP contribution in [-0.4, -0.2) is 23.5 Å². The van der Waals surface area contributed by atoms with Gasteiger partial charge in [-0.15, -0.1) is 0 Å². The third-order valence-electron chi connectivity index (χ3n) is 3.73. The monoisotopic (exact) mass is 241 g/mol. The Kier molecular flexibility index (Phi) is 4.37. The molecule has 0 aromatic heterocycles. The fraction of sp³-hybridized carbons (Fsp3) is 0.833. The van der Waals surface area contributed by atoms with Crippen LogP contribution < -0.4 is 11.1 Å². The van der Waals surface area contributed by atoms with E-state index in [2.05, 4.69) is 31.2 Å².